The Hall–Kier alpha value is -2.46. The van der Waals surface area contributed by atoms with E-state index in [1.807, 2.05) is 22.5 Å². The van der Waals surface area contributed by atoms with Crippen LogP contribution in [0.2, 0.25) is 0 Å². The van der Waals surface area contributed by atoms with Crippen LogP contribution in [-0.2, 0) is 4.74 Å². The van der Waals surface area contributed by atoms with Crippen molar-refractivity contribution in [2.45, 2.75) is 25.7 Å². The third-order valence-corrected chi connectivity index (χ3v) is 6.43. The third-order valence-electron chi connectivity index (χ3n) is 5.45. The summed E-state index contributed by atoms with van der Waals surface area (Å²) in [4.78, 5) is 22.5. The standard InChI is InChI=1S/C18H23N7O2S/c1-12-10-25-17(20-12)28-18(22-25)24-4-2-3-13(11-24)15-14(9-19-21-15)16(26)23-5-7-27-8-6-23/h9-10,13H,2-8,11H2,1H3,(H,19,21). The van der Waals surface area contributed by atoms with Gasteiger partial charge in [-0.25, -0.2) is 9.50 Å². The molecule has 0 radical (unpaired) electrons. The molecule has 5 heterocycles. The number of fused-ring (bicyclic) bond motifs is 1. The van der Waals surface area contributed by atoms with Gasteiger partial charge >= 0.3 is 0 Å². The Bertz CT molecular complexity index is 956. The number of carbonyl (C=O) groups is 1. The Morgan fingerprint density at radius 2 is 2.18 bits per heavy atom. The van der Waals surface area contributed by atoms with E-state index in [-0.39, 0.29) is 11.8 Å². The smallest absolute Gasteiger partial charge is 0.257 e. The lowest BCUT2D eigenvalue weighted by Gasteiger charge is -2.32. The number of nitrogens with one attached hydrogen (secondary N) is 1. The minimum atomic E-state index is 0.0485. The number of anilines is 1. The van der Waals surface area contributed by atoms with Gasteiger partial charge in [-0.1, -0.05) is 11.3 Å². The van der Waals surface area contributed by atoms with Crippen LogP contribution < -0.4 is 4.90 Å². The minimum absolute atomic E-state index is 0.0485. The fourth-order valence-corrected chi connectivity index (χ4v) is 4.99. The lowest BCUT2D eigenvalue weighted by Crippen LogP contribution is -2.41. The molecular formula is C18H23N7O2S. The zero-order valence-electron chi connectivity index (χ0n) is 15.8. The molecule has 3 aromatic rings. The lowest BCUT2D eigenvalue weighted by atomic mass is 9.92. The fraction of sp³-hybridized carbons (Fsp3) is 0.556. The van der Waals surface area contributed by atoms with E-state index < -0.39 is 0 Å². The number of aryl methyl sites for hydroxylation is 1. The summed E-state index contributed by atoms with van der Waals surface area (Å²) >= 11 is 1.61. The second kappa shape index (κ2) is 7.17. The highest BCUT2D eigenvalue weighted by Gasteiger charge is 2.30. The normalized spacial score (nSPS) is 20.8. The molecule has 3 aromatic heterocycles. The topological polar surface area (TPSA) is 91.6 Å². The van der Waals surface area contributed by atoms with Gasteiger partial charge in [-0.3, -0.25) is 9.89 Å². The number of hydrogen-bond acceptors (Lipinski definition) is 7. The molecule has 0 spiro atoms. The molecule has 0 aliphatic carbocycles. The van der Waals surface area contributed by atoms with E-state index in [9.17, 15) is 4.79 Å². The van der Waals surface area contributed by atoms with Crippen molar-refractivity contribution < 1.29 is 9.53 Å². The number of imidazole rings is 1. The number of aromatic amines is 1. The van der Waals surface area contributed by atoms with Gasteiger partial charge < -0.3 is 14.5 Å². The summed E-state index contributed by atoms with van der Waals surface area (Å²) < 4.78 is 7.22. The van der Waals surface area contributed by atoms with Crippen LogP contribution >= 0.6 is 11.3 Å². The Balaban J connectivity index is 1.36. The van der Waals surface area contributed by atoms with Crippen LogP contribution in [-0.4, -0.2) is 75.0 Å². The summed E-state index contributed by atoms with van der Waals surface area (Å²) in [6.45, 7) is 6.23. The predicted octanol–water partition coefficient (Wildman–Crippen LogP) is 1.68. The molecule has 2 aliphatic rings. The zero-order valence-corrected chi connectivity index (χ0v) is 16.6. The molecule has 148 valence electrons. The van der Waals surface area contributed by atoms with Crippen LogP contribution in [0.4, 0.5) is 5.13 Å². The molecule has 0 aromatic carbocycles. The number of piperidine rings is 1. The number of carbonyl (C=O) groups excluding carboxylic acids is 1. The van der Waals surface area contributed by atoms with Crippen molar-refractivity contribution in [3.8, 4) is 0 Å². The van der Waals surface area contributed by atoms with E-state index in [4.69, 9.17) is 4.74 Å². The largest absolute Gasteiger partial charge is 0.378 e. The van der Waals surface area contributed by atoms with E-state index in [0.717, 1.165) is 47.4 Å². The molecule has 0 saturated carbocycles. The van der Waals surface area contributed by atoms with Gasteiger partial charge in [-0.2, -0.15) is 5.10 Å². The summed E-state index contributed by atoms with van der Waals surface area (Å²) in [5.41, 5.74) is 2.61. The van der Waals surface area contributed by atoms with E-state index >= 15 is 0 Å². The van der Waals surface area contributed by atoms with Crippen molar-refractivity contribution in [1.29, 1.82) is 0 Å². The van der Waals surface area contributed by atoms with Gasteiger partial charge in [0.25, 0.3) is 5.91 Å². The van der Waals surface area contributed by atoms with Crippen molar-refractivity contribution in [2.24, 2.45) is 0 Å². The maximum atomic E-state index is 13.0. The number of morpholine rings is 1. The fourth-order valence-electron chi connectivity index (χ4n) is 4.03. The van der Waals surface area contributed by atoms with Crippen LogP contribution in [0.3, 0.4) is 0 Å². The predicted molar refractivity (Wildman–Crippen MR) is 105 cm³/mol. The van der Waals surface area contributed by atoms with Crippen molar-refractivity contribution in [2.75, 3.05) is 44.3 Å². The number of nitrogens with zero attached hydrogens (tertiary/aromatic N) is 6. The Kier molecular flexibility index (Phi) is 4.52. The molecule has 0 bridgehead atoms. The molecule has 9 nitrogen and oxygen atoms in total. The summed E-state index contributed by atoms with van der Waals surface area (Å²) in [7, 11) is 0. The summed E-state index contributed by atoms with van der Waals surface area (Å²) in [5, 5.41) is 13.0. The van der Waals surface area contributed by atoms with Crippen LogP contribution in [0.25, 0.3) is 4.96 Å². The maximum absolute atomic E-state index is 13.0. The van der Waals surface area contributed by atoms with Crippen molar-refractivity contribution >= 4 is 27.3 Å². The monoisotopic (exact) mass is 401 g/mol. The summed E-state index contributed by atoms with van der Waals surface area (Å²) in [6.07, 6.45) is 5.70. The molecule has 1 atom stereocenters. The average Bonchev–Trinajstić information content (AvgIpc) is 3.43. The molecule has 2 saturated heterocycles. The number of ether oxygens (including phenoxy) is 1. The first kappa shape index (κ1) is 17.6. The summed E-state index contributed by atoms with van der Waals surface area (Å²) in [6, 6.07) is 0. The summed E-state index contributed by atoms with van der Waals surface area (Å²) in [5.74, 6) is 0.279. The number of aromatic nitrogens is 5. The van der Waals surface area contributed by atoms with Gasteiger partial charge in [0.2, 0.25) is 10.1 Å². The van der Waals surface area contributed by atoms with Crippen LogP contribution in [0.5, 0.6) is 0 Å². The molecule has 1 amide bonds. The van der Waals surface area contributed by atoms with Gasteiger partial charge in [0, 0.05) is 32.1 Å². The Morgan fingerprint density at radius 3 is 3.00 bits per heavy atom. The maximum Gasteiger partial charge on any atom is 0.257 e. The molecule has 2 fully saturated rings. The quantitative estimate of drug-likeness (QED) is 0.718. The number of amides is 1. The SMILES string of the molecule is Cc1cn2nc(N3CCCC(c4[nH]ncc4C(=O)N4CCOCC4)C3)sc2n1. The van der Waals surface area contributed by atoms with Crippen LogP contribution in [0.15, 0.2) is 12.4 Å². The van der Waals surface area contributed by atoms with Crippen LogP contribution in [0, 0.1) is 6.92 Å². The molecule has 1 unspecified atom stereocenters. The highest BCUT2D eigenvalue weighted by atomic mass is 32.1. The number of H-pyrrole nitrogens is 1. The lowest BCUT2D eigenvalue weighted by molar-refractivity contribution is 0.0302. The molecule has 10 heteroatoms. The first-order valence-electron chi connectivity index (χ1n) is 9.67. The Labute approximate surface area is 166 Å². The number of hydrogen-bond donors (Lipinski definition) is 1. The first-order chi connectivity index (χ1) is 13.7. The van der Waals surface area contributed by atoms with Gasteiger partial charge in [-0.15, -0.1) is 5.10 Å². The van der Waals surface area contributed by atoms with Crippen molar-refractivity contribution in [3.63, 3.8) is 0 Å². The van der Waals surface area contributed by atoms with Crippen LogP contribution in [0.1, 0.15) is 40.5 Å². The molecule has 5 rings (SSSR count). The molecule has 28 heavy (non-hydrogen) atoms. The second-order valence-electron chi connectivity index (χ2n) is 7.38. The van der Waals surface area contributed by atoms with E-state index in [1.54, 1.807) is 17.5 Å². The van der Waals surface area contributed by atoms with E-state index in [1.165, 1.54) is 0 Å². The zero-order chi connectivity index (χ0) is 19.1. The average molecular weight is 401 g/mol. The van der Waals surface area contributed by atoms with Gasteiger partial charge in [-0.05, 0) is 19.8 Å². The van der Waals surface area contributed by atoms with Crippen molar-refractivity contribution in [3.05, 3.63) is 29.3 Å². The van der Waals surface area contributed by atoms with Crippen molar-refractivity contribution in [1.82, 2.24) is 29.7 Å². The first-order valence-corrected chi connectivity index (χ1v) is 10.5. The molecule has 2 aliphatic heterocycles. The highest BCUT2D eigenvalue weighted by molar-refractivity contribution is 7.20. The Morgan fingerprint density at radius 1 is 1.32 bits per heavy atom. The van der Waals surface area contributed by atoms with E-state index in [2.05, 4.69) is 25.2 Å². The highest BCUT2D eigenvalue weighted by Crippen LogP contribution is 2.33. The van der Waals surface area contributed by atoms with Gasteiger partial charge in [0.05, 0.1) is 42.6 Å². The van der Waals surface area contributed by atoms with Gasteiger partial charge in [0.15, 0.2) is 0 Å². The van der Waals surface area contributed by atoms with Gasteiger partial charge in [0.1, 0.15) is 0 Å². The molecular weight excluding hydrogens is 378 g/mol. The van der Waals surface area contributed by atoms with E-state index in [0.29, 0.717) is 31.9 Å². The minimum Gasteiger partial charge on any atom is -0.378 e. The second-order valence-corrected chi connectivity index (χ2v) is 8.32. The molecule has 1 N–H and O–H groups in total. The number of rotatable bonds is 3. The third kappa shape index (κ3) is 3.16.